The molecule has 0 spiro atoms. The van der Waals surface area contributed by atoms with Crippen molar-refractivity contribution < 1.29 is 31.9 Å². The van der Waals surface area contributed by atoms with Crippen molar-refractivity contribution >= 4 is 16.8 Å². The van der Waals surface area contributed by atoms with E-state index < -0.39 is 34.5 Å². The molecule has 0 unspecified atom stereocenters. The summed E-state index contributed by atoms with van der Waals surface area (Å²) in [7, 11) is 0. The van der Waals surface area contributed by atoms with Crippen LogP contribution in [0, 0.1) is 11.6 Å². The zero-order valence-electron chi connectivity index (χ0n) is 30.0. The average Bonchev–Trinajstić information content (AvgIpc) is 3.15. The van der Waals surface area contributed by atoms with Gasteiger partial charge in [0.15, 0.2) is 11.6 Å². The molecule has 1 N–H and O–H groups in total. The molecule has 6 rings (SSSR count). The first kappa shape index (κ1) is 38.4. The Bertz CT molecular complexity index is 2210. The van der Waals surface area contributed by atoms with E-state index in [1.54, 1.807) is 45.9 Å². The molecule has 0 atom stereocenters. The predicted octanol–water partition coefficient (Wildman–Crippen LogP) is 8.49. The van der Waals surface area contributed by atoms with Gasteiger partial charge in [0, 0.05) is 32.1 Å². The number of piperidine rings is 1. The van der Waals surface area contributed by atoms with Gasteiger partial charge in [0.1, 0.15) is 18.1 Å². The molecular weight excluding hydrogens is 703 g/mol. The van der Waals surface area contributed by atoms with E-state index in [0.717, 1.165) is 29.3 Å². The summed E-state index contributed by atoms with van der Waals surface area (Å²) in [5, 5.41) is 10.6. The van der Waals surface area contributed by atoms with Gasteiger partial charge in [0.05, 0.1) is 22.0 Å². The monoisotopic (exact) mass is 744 g/mol. The van der Waals surface area contributed by atoms with Crippen LogP contribution in [-0.2, 0) is 36.9 Å². The number of fused-ring (bicyclic) bond motifs is 1. The summed E-state index contributed by atoms with van der Waals surface area (Å²) < 4.78 is 69.7. The van der Waals surface area contributed by atoms with Crippen molar-refractivity contribution in [2.75, 3.05) is 13.1 Å². The van der Waals surface area contributed by atoms with Crippen LogP contribution >= 0.6 is 0 Å². The van der Waals surface area contributed by atoms with E-state index in [4.69, 9.17) is 0 Å². The molecule has 282 valence electrons. The average molecular weight is 745 g/mol. The summed E-state index contributed by atoms with van der Waals surface area (Å²) in [4.78, 5) is 35.9. The number of likely N-dealkylation sites (tertiary alicyclic amines) is 1. The van der Waals surface area contributed by atoms with Crippen molar-refractivity contribution in [1.29, 1.82) is 0 Å². The van der Waals surface area contributed by atoms with Crippen LogP contribution in [0.1, 0.15) is 49.2 Å². The highest BCUT2D eigenvalue weighted by Gasteiger charge is 2.36. The summed E-state index contributed by atoms with van der Waals surface area (Å²) in [5.41, 5.74) is 0.858. The van der Waals surface area contributed by atoms with Crippen LogP contribution in [0.25, 0.3) is 22.0 Å². The molecule has 2 heterocycles. The Labute approximate surface area is 310 Å². The SMILES string of the molecule is C=C(O)C(C)(C)N1CCC(N(Cc2ccc(-c3ccc(C(F)(F)F)cc3)cc2)C(=O)Cn2c(CCc3cccc(F)c3F)nc(=O)c3ccccc32)CC1. The first-order chi connectivity index (χ1) is 25.6. The highest BCUT2D eigenvalue weighted by Crippen LogP contribution is 2.32. The smallest absolute Gasteiger partial charge is 0.416 e. The van der Waals surface area contributed by atoms with Gasteiger partial charge in [-0.05, 0) is 85.7 Å². The fourth-order valence-electron chi connectivity index (χ4n) is 7.04. The maximum atomic E-state index is 14.6. The Morgan fingerprint density at radius 1 is 0.889 bits per heavy atom. The Morgan fingerprint density at radius 2 is 1.52 bits per heavy atom. The fraction of sp³-hybridized carbons (Fsp3) is 0.310. The number of benzene rings is 4. The van der Waals surface area contributed by atoms with E-state index in [0.29, 0.717) is 42.4 Å². The first-order valence-electron chi connectivity index (χ1n) is 17.7. The van der Waals surface area contributed by atoms with Gasteiger partial charge in [0.2, 0.25) is 5.91 Å². The fourth-order valence-corrected chi connectivity index (χ4v) is 7.04. The van der Waals surface area contributed by atoms with Crippen LogP contribution in [0.15, 0.2) is 108 Å². The molecule has 5 aromatic rings. The number of aliphatic hydroxyl groups is 1. The van der Waals surface area contributed by atoms with Gasteiger partial charge in [-0.3, -0.25) is 14.5 Å². The Hall–Kier alpha value is -5.36. The van der Waals surface area contributed by atoms with E-state index >= 15 is 0 Å². The summed E-state index contributed by atoms with van der Waals surface area (Å²) >= 11 is 0. The maximum Gasteiger partial charge on any atom is 0.416 e. The minimum Gasteiger partial charge on any atom is -0.511 e. The number of halogens is 5. The molecule has 54 heavy (non-hydrogen) atoms. The number of para-hydroxylation sites is 1. The lowest BCUT2D eigenvalue weighted by Gasteiger charge is -2.45. The highest BCUT2D eigenvalue weighted by molar-refractivity contribution is 5.82. The molecule has 1 amide bonds. The van der Waals surface area contributed by atoms with Crippen molar-refractivity contribution in [3.05, 3.63) is 148 Å². The number of rotatable bonds is 11. The quantitative estimate of drug-likeness (QED) is 0.109. The molecule has 1 aromatic heterocycles. The van der Waals surface area contributed by atoms with Gasteiger partial charge in [0.25, 0.3) is 5.56 Å². The van der Waals surface area contributed by atoms with Crippen LogP contribution in [-0.4, -0.2) is 55.0 Å². The zero-order chi connectivity index (χ0) is 38.8. The Morgan fingerprint density at radius 3 is 2.15 bits per heavy atom. The highest BCUT2D eigenvalue weighted by atomic mass is 19.4. The van der Waals surface area contributed by atoms with Crippen LogP contribution in [0.5, 0.6) is 0 Å². The lowest BCUT2D eigenvalue weighted by molar-refractivity contribution is -0.138. The first-order valence-corrected chi connectivity index (χ1v) is 17.7. The van der Waals surface area contributed by atoms with E-state index in [-0.39, 0.29) is 55.0 Å². The topological polar surface area (TPSA) is 78.7 Å². The van der Waals surface area contributed by atoms with Crippen LogP contribution in [0.2, 0.25) is 0 Å². The molecule has 1 saturated heterocycles. The molecule has 4 aromatic carbocycles. The molecule has 1 aliphatic heterocycles. The lowest BCUT2D eigenvalue weighted by atomic mass is 9.94. The van der Waals surface area contributed by atoms with Crippen LogP contribution < -0.4 is 5.56 Å². The molecule has 0 bridgehead atoms. The molecule has 0 saturated carbocycles. The molecule has 12 heteroatoms. The third-order valence-electron chi connectivity index (χ3n) is 10.5. The van der Waals surface area contributed by atoms with Crippen molar-refractivity contribution in [3.63, 3.8) is 0 Å². The van der Waals surface area contributed by atoms with Gasteiger partial charge in [-0.1, -0.05) is 67.2 Å². The maximum absolute atomic E-state index is 14.6. The molecule has 7 nitrogen and oxygen atoms in total. The van der Waals surface area contributed by atoms with Crippen molar-refractivity contribution in [2.45, 2.75) is 70.4 Å². The molecule has 0 radical (unpaired) electrons. The van der Waals surface area contributed by atoms with E-state index in [1.807, 2.05) is 26.0 Å². The molecule has 1 aliphatic rings. The number of carbonyl (C=O) groups is 1. The molecule has 1 fully saturated rings. The summed E-state index contributed by atoms with van der Waals surface area (Å²) in [6.45, 7) is 8.74. The van der Waals surface area contributed by atoms with Gasteiger partial charge in [-0.25, -0.2) is 8.78 Å². The Balaban J connectivity index is 1.31. The van der Waals surface area contributed by atoms with Crippen LogP contribution in [0.3, 0.4) is 0 Å². The number of hydrogen-bond donors (Lipinski definition) is 1. The minimum absolute atomic E-state index is 0.0436. The number of aliphatic hydroxyl groups excluding tert-OH is 1. The molecule has 0 aliphatic carbocycles. The number of nitrogens with zero attached hydrogens (tertiary/aromatic N) is 4. The number of hydrogen-bond acceptors (Lipinski definition) is 5. The number of aromatic nitrogens is 2. The van der Waals surface area contributed by atoms with E-state index in [1.165, 1.54) is 24.3 Å². The van der Waals surface area contributed by atoms with Gasteiger partial charge in [-0.2, -0.15) is 18.2 Å². The number of carbonyl (C=O) groups excluding carboxylic acids is 1. The largest absolute Gasteiger partial charge is 0.511 e. The normalized spacial score (nSPS) is 14.4. The van der Waals surface area contributed by atoms with E-state index in [2.05, 4.69) is 16.5 Å². The minimum atomic E-state index is -4.44. The third-order valence-corrected chi connectivity index (χ3v) is 10.5. The number of alkyl halides is 3. The van der Waals surface area contributed by atoms with Crippen LogP contribution in [0.4, 0.5) is 22.0 Å². The standard InChI is InChI=1S/C42H41F5N4O3/c1-27(52)41(2,3)49-23-21-33(22-24-49)50(25-28-11-13-29(14-12-28)30-15-18-32(19-16-30)42(45,46)47)38(53)26-51-36-10-5-4-8-34(36)40(54)48-37(51)20-17-31-7-6-9-35(43)39(31)44/h4-16,18-19,33,52H,1,17,20-26H2,2-3H3. The lowest BCUT2D eigenvalue weighted by Crippen LogP contribution is -2.54. The predicted molar refractivity (Wildman–Crippen MR) is 198 cm³/mol. The zero-order valence-corrected chi connectivity index (χ0v) is 30.0. The number of aryl methyl sites for hydroxylation is 2. The van der Waals surface area contributed by atoms with Crippen molar-refractivity contribution in [1.82, 2.24) is 19.4 Å². The Kier molecular flexibility index (Phi) is 11.0. The van der Waals surface area contributed by atoms with Crippen molar-refractivity contribution in [2.24, 2.45) is 0 Å². The van der Waals surface area contributed by atoms with Gasteiger partial charge >= 0.3 is 6.18 Å². The van der Waals surface area contributed by atoms with Crippen molar-refractivity contribution in [3.8, 4) is 11.1 Å². The second-order valence-electron chi connectivity index (χ2n) is 14.2. The second-order valence-corrected chi connectivity index (χ2v) is 14.2. The van der Waals surface area contributed by atoms with Gasteiger partial charge < -0.3 is 14.6 Å². The molecular formula is C42H41F5N4O3. The van der Waals surface area contributed by atoms with E-state index in [9.17, 15) is 36.6 Å². The summed E-state index contributed by atoms with van der Waals surface area (Å²) in [6.07, 6.45) is -3.13. The van der Waals surface area contributed by atoms with Gasteiger partial charge in [-0.15, -0.1) is 0 Å². The second kappa shape index (κ2) is 15.5. The summed E-state index contributed by atoms with van der Waals surface area (Å²) in [5.74, 6) is -1.90. The summed E-state index contributed by atoms with van der Waals surface area (Å²) in [6, 6.07) is 22.8. The number of amides is 1. The third kappa shape index (κ3) is 8.23.